The molecule has 1 atom stereocenters. The van der Waals surface area contributed by atoms with Crippen molar-refractivity contribution in [3.8, 4) is 5.75 Å². The zero-order chi connectivity index (χ0) is 13.8. The lowest BCUT2D eigenvalue weighted by molar-refractivity contribution is 0.146. The maximum atomic E-state index is 5.80. The van der Waals surface area contributed by atoms with E-state index in [9.17, 15) is 0 Å². The van der Waals surface area contributed by atoms with E-state index in [0.29, 0.717) is 12.1 Å². The summed E-state index contributed by atoms with van der Waals surface area (Å²) in [6, 6.07) is 9.38. The summed E-state index contributed by atoms with van der Waals surface area (Å²) in [5, 5.41) is 3.66. The molecule has 106 valence electrons. The third-order valence-corrected chi connectivity index (χ3v) is 4.16. The summed E-state index contributed by atoms with van der Waals surface area (Å²) < 4.78 is 5.80. The predicted octanol–water partition coefficient (Wildman–Crippen LogP) is 3.79. The highest BCUT2D eigenvalue weighted by molar-refractivity contribution is 5.26. The Morgan fingerprint density at radius 2 is 1.79 bits per heavy atom. The van der Waals surface area contributed by atoms with Crippen molar-refractivity contribution in [2.24, 2.45) is 11.8 Å². The van der Waals surface area contributed by atoms with Gasteiger partial charge in [-0.2, -0.15) is 0 Å². The Bertz CT molecular complexity index is 379. The average Bonchev–Trinajstić information content (AvgIpc) is 2.32. The zero-order valence-corrected chi connectivity index (χ0v) is 12.6. The van der Waals surface area contributed by atoms with E-state index in [-0.39, 0.29) is 0 Å². The van der Waals surface area contributed by atoms with Gasteiger partial charge in [0.1, 0.15) is 12.4 Å². The maximum Gasteiger partial charge on any atom is 0.119 e. The number of nitrogens with one attached hydrogen (secondary N) is 1. The minimum Gasteiger partial charge on any atom is -0.492 e. The Kier molecular flexibility index (Phi) is 4.87. The van der Waals surface area contributed by atoms with E-state index < -0.39 is 0 Å². The molecule has 1 N–H and O–H groups in total. The Labute approximate surface area is 117 Å². The molecule has 1 saturated carbocycles. The average molecular weight is 261 g/mol. The third-order valence-electron chi connectivity index (χ3n) is 4.16. The fourth-order valence-electron chi connectivity index (χ4n) is 2.65. The molecule has 0 radical (unpaired) electrons. The van der Waals surface area contributed by atoms with Gasteiger partial charge in [-0.15, -0.1) is 0 Å². The lowest BCUT2D eigenvalue weighted by atomic mass is 9.73. The molecular formula is C17H27NO. The van der Waals surface area contributed by atoms with Gasteiger partial charge < -0.3 is 10.1 Å². The first-order valence-electron chi connectivity index (χ1n) is 7.50. The molecule has 2 heteroatoms. The van der Waals surface area contributed by atoms with Crippen LogP contribution in [0, 0.1) is 18.8 Å². The summed E-state index contributed by atoms with van der Waals surface area (Å²) >= 11 is 0. The quantitative estimate of drug-likeness (QED) is 0.841. The normalized spacial score (nSPS) is 24.1. The molecule has 1 unspecified atom stereocenters. The van der Waals surface area contributed by atoms with Gasteiger partial charge in [-0.05, 0) is 50.7 Å². The smallest absolute Gasteiger partial charge is 0.119 e. The molecule has 1 aliphatic carbocycles. The van der Waals surface area contributed by atoms with Gasteiger partial charge >= 0.3 is 0 Å². The summed E-state index contributed by atoms with van der Waals surface area (Å²) in [7, 11) is 0. The first kappa shape index (κ1) is 14.4. The van der Waals surface area contributed by atoms with Crippen LogP contribution in [0.15, 0.2) is 24.3 Å². The van der Waals surface area contributed by atoms with E-state index in [4.69, 9.17) is 4.74 Å². The minimum atomic E-state index is 0.416. The number of aryl methyl sites for hydroxylation is 1. The van der Waals surface area contributed by atoms with Crippen molar-refractivity contribution < 1.29 is 4.74 Å². The van der Waals surface area contributed by atoms with Crippen LogP contribution in [-0.2, 0) is 0 Å². The van der Waals surface area contributed by atoms with Crippen LogP contribution in [0.25, 0.3) is 0 Å². The predicted molar refractivity (Wildman–Crippen MR) is 80.6 cm³/mol. The topological polar surface area (TPSA) is 21.3 Å². The molecule has 0 bridgehead atoms. The van der Waals surface area contributed by atoms with Gasteiger partial charge in [0.15, 0.2) is 0 Å². The number of benzene rings is 1. The van der Waals surface area contributed by atoms with Crippen molar-refractivity contribution in [3.05, 3.63) is 29.8 Å². The molecule has 0 heterocycles. The molecule has 2 rings (SSSR count). The van der Waals surface area contributed by atoms with E-state index >= 15 is 0 Å². The van der Waals surface area contributed by atoms with Crippen molar-refractivity contribution in [3.63, 3.8) is 0 Å². The molecule has 0 spiro atoms. The molecule has 19 heavy (non-hydrogen) atoms. The highest BCUT2D eigenvalue weighted by Crippen LogP contribution is 2.33. The monoisotopic (exact) mass is 261 g/mol. The molecule has 1 aromatic carbocycles. The Balaban J connectivity index is 1.65. The second-order valence-electron chi connectivity index (χ2n) is 6.36. The number of rotatable bonds is 6. The number of hydrogen-bond acceptors (Lipinski definition) is 2. The molecule has 0 aliphatic heterocycles. The van der Waals surface area contributed by atoms with Gasteiger partial charge in [0.2, 0.25) is 0 Å². The third kappa shape index (κ3) is 4.24. The van der Waals surface area contributed by atoms with Gasteiger partial charge in [0, 0.05) is 12.1 Å². The SMILES string of the molecule is Cc1ccc(OCC(C)NC2CC(C(C)C)C2)cc1. The van der Waals surface area contributed by atoms with Gasteiger partial charge in [0.25, 0.3) is 0 Å². The van der Waals surface area contributed by atoms with Crippen molar-refractivity contribution in [1.82, 2.24) is 5.32 Å². The molecule has 1 aromatic rings. The second-order valence-corrected chi connectivity index (χ2v) is 6.36. The molecule has 1 aliphatic rings. The zero-order valence-electron chi connectivity index (χ0n) is 12.6. The number of hydrogen-bond donors (Lipinski definition) is 1. The van der Waals surface area contributed by atoms with Crippen LogP contribution in [0.3, 0.4) is 0 Å². The first-order chi connectivity index (χ1) is 9.04. The molecule has 0 amide bonds. The van der Waals surface area contributed by atoms with Crippen LogP contribution in [0.1, 0.15) is 39.2 Å². The van der Waals surface area contributed by atoms with Crippen LogP contribution in [-0.4, -0.2) is 18.7 Å². The fraction of sp³-hybridized carbons (Fsp3) is 0.647. The minimum absolute atomic E-state index is 0.416. The van der Waals surface area contributed by atoms with Crippen molar-refractivity contribution in [1.29, 1.82) is 0 Å². The van der Waals surface area contributed by atoms with Gasteiger partial charge in [0.05, 0.1) is 0 Å². The van der Waals surface area contributed by atoms with E-state index in [1.54, 1.807) is 0 Å². The largest absolute Gasteiger partial charge is 0.492 e. The Hall–Kier alpha value is -1.02. The summed E-state index contributed by atoms with van der Waals surface area (Å²) in [6.45, 7) is 9.69. The summed E-state index contributed by atoms with van der Waals surface area (Å²) in [5.74, 6) is 2.72. The van der Waals surface area contributed by atoms with Crippen LogP contribution in [0.2, 0.25) is 0 Å². The standard InChI is InChI=1S/C17H27NO/c1-12(2)15-9-16(10-15)18-14(4)11-19-17-7-5-13(3)6-8-17/h5-8,12,14-16,18H,9-11H2,1-4H3. The highest BCUT2D eigenvalue weighted by atomic mass is 16.5. The Morgan fingerprint density at radius 1 is 1.16 bits per heavy atom. The fourth-order valence-corrected chi connectivity index (χ4v) is 2.65. The lowest BCUT2D eigenvalue weighted by Gasteiger charge is -2.40. The molecule has 0 aromatic heterocycles. The van der Waals surface area contributed by atoms with E-state index in [1.807, 2.05) is 12.1 Å². The molecule has 2 nitrogen and oxygen atoms in total. The molecule has 1 fully saturated rings. The number of ether oxygens (including phenoxy) is 1. The van der Waals surface area contributed by atoms with Crippen molar-refractivity contribution in [2.75, 3.05) is 6.61 Å². The van der Waals surface area contributed by atoms with Crippen molar-refractivity contribution in [2.45, 2.75) is 52.6 Å². The van der Waals surface area contributed by atoms with Gasteiger partial charge in [-0.1, -0.05) is 31.5 Å². The maximum absolute atomic E-state index is 5.80. The summed E-state index contributed by atoms with van der Waals surface area (Å²) in [6.07, 6.45) is 2.65. The van der Waals surface area contributed by atoms with E-state index in [2.05, 4.69) is 45.1 Å². The first-order valence-corrected chi connectivity index (χ1v) is 7.50. The van der Waals surface area contributed by atoms with Crippen LogP contribution >= 0.6 is 0 Å². The van der Waals surface area contributed by atoms with E-state index in [0.717, 1.165) is 24.2 Å². The van der Waals surface area contributed by atoms with Crippen LogP contribution in [0.5, 0.6) is 5.75 Å². The van der Waals surface area contributed by atoms with E-state index in [1.165, 1.54) is 18.4 Å². The van der Waals surface area contributed by atoms with Crippen molar-refractivity contribution >= 4 is 0 Å². The highest BCUT2D eigenvalue weighted by Gasteiger charge is 2.31. The second kappa shape index (κ2) is 6.42. The summed E-state index contributed by atoms with van der Waals surface area (Å²) in [5.41, 5.74) is 1.27. The van der Waals surface area contributed by atoms with Crippen LogP contribution in [0.4, 0.5) is 0 Å². The van der Waals surface area contributed by atoms with Gasteiger partial charge in [-0.3, -0.25) is 0 Å². The molecular weight excluding hydrogens is 234 g/mol. The summed E-state index contributed by atoms with van der Waals surface area (Å²) in [4.78, 5) is 0. The van der Waals surface area contributed by atoms with Crippen LogP contribution < -0.4 is 10.1 Å². The van der Waals surface area contributed by atoms with Gasteiger partial charge in [-0.25, -0.2) is 0 Å². The Morgan fingerprint density at radius 3 is 2.37 bits per heavy atom. The molecule has 0 saturated heterocycles. The lowest BCUT2D eigenvalue weighted by Crippen LogP contribution is -2.48.